The van der Waals surface area contributed by atoms with E-state index in [4.69, 9.17) is 14.2 Å². The number of ether oxygens (including phenoxy) is 3. The highest BCUT2D eigenvalue weighted by atomic mass is 19.4. The largest absolute Gasteiger partial charge is 0.497 e. The summed E-state index contributed by atoms with van der Waals surface area (Å²) in [6.45, 7) is 1.82. The van der Waals surface area contributed by atoms with Crippen molar-refractivity contribution in [3.05, 3.63) is 87.5 Å². The van der Waals surface area contributed by atoms with Crippen molar-refractivity contribution in [3.8, 4) is 29.1 Å². The minimum atomic E-state index is -4.77. The number of anilines is 1. The Bertz CT molecular complexity index is 1410. The summed E-state index contributed by atoms with van der Waals surface area (Å²) in [4.78, 5) is 23.0. The Morgan fingerprint density at radius 2 is 1.76 bits per heavy atom. The molecule has 3 aromatic carbocycles. The number of nitro groups is 1. The number of carbonyl (C=O) groups is 1. The van der Waals surface area contributed by atoms with Crippen LogP contribution in [0.1, 0.15) is 18.1 Å². The Morgan fingerprint density at radius 1 is 1.08 bits per heavy atom. The van der Waals surface area contributed by atoms with E-state index in [1.54, 1.807) is 31.2 Å². The molecule has 0 saturated carbocycles. The van der Waals surface area contributed by atoms with E-state index in [2.05, 4.69) is 5.32 Å². The summed E-state index contributed by atoms with van der Waals surface area (Å²) in [5, 5.41) is 23.5. The third kappa shape index (κ3) is 6.79. The second kappa shape index (κ2) is 11.8. The van der Waals surface area contributed by atoms with E-state index in [9.17, 15) is 33.3 Å². The van der Waals surface area contributed by atoms with Gasteiger partial charge in [0.2, 0.25) is 5.75 Å². The zero-order chi connectivity index (χ0) is 27.9. The van der Waals surface area contributed by atoms with Crippen LogP contribution in [0.3, 0.4) is 0 Å². The number of alkyl halides is 3. The van der Waals surface area contributed by atoms with Gasteiger partial charge in [-0.25, -0.2) is 0 Å². The van der Waals surface area contributed by atoms with Gasteiger partial charge in [0.05, 0.1) is 24.2 Å². The van der Waals surface area contributed by atoms with Crippen molar-refractivity contribution in [2.75, 3.05) is 19.0 Å². The fraction of sp³-hybridized carbons (Fsp3) is 0.154. The quantitative estimate of drug-likeness (QED) is 0.149. The molecule has 196 valence electrons. The number of nitrogens with zero attached hydrogens (tertiary/aromatic N) is 2. The normalized spacial score (nSPS) is 11.3. The molecule has 0 unspecified atom stereocenters. The first-order valence-electron chi connectivity index (χ1n) is 10.9. The van der Waals surface area contributed by atoms with E-state index in [-0.39, 0.29) is 23.7 Å². The number of benzene rings is 3. The Morgan fingerprint density at radius 3 is 2.34 bits per heavy atom. The number of amides is 1. The molecule has 12 heteroatoms. The standard InChI is InChI=1S/C26H20F3N3O6/c1-3-37-24-13-16(12-17(15-30)25(33)31-19-6-8-20(36-2)9-7-19)4-10-23(24)38-22-11-5-18(26(27,28)29)14-21(22)32(34)35/h4-14H,3H2,1-2H3,(H,31,33)/b17-12+. The fourth-order valence-electron chi connectivity index (χ4n) is 3.20. The molecule has 1 amide bonds. The number of hydrogen-bond donors (Lipinski definition) is 1. The maximum atomic E-state index is 13.0. The molecule has 3 rings (SSSR count). The van der Waals surface area contributed by atoms with E-state index < -0.39 is 34.0 Å². The molecule has 3 aromatic rings. The van der Waals surface area contributed by atoms with Crippen molar-refractivity contribution in [2.45, 2.75) is 13.1 Å². The van der Waals surface area contributed by atoms with E-state index in [1.807, 2.05) is 6.07 Å². The van der Waals surface area contributed by atoms with Gasteiger partial charge in [-0.3, -0.25) is 14.9 Å². The van der Waals surface area contributed by atoms with Gasteiger partial charge in [0.25, 0.3) is 5.91 Å². The minimum Gasteiger partial charge on any atom is -0.497 e. The maximum Gasteiger partial charge on any atom is 0.416 e. The number of carbonyl (C=O) groups excluding carboxylic acids is 1. The third-order valence-electron chi connectivity index (χ3n) is 4.99. The molecule has 0 aliphatic carbocycles. The van der Waals surface area contributed by atoms with Crippen molar-refractivity contribution < 1.29 is 37.1 Å². The van der Waals surface area contributed by atoms with Crippen molar-refractivity contribution in [1.82, 2.24) is 0 Å². The van der Waals surface area contributed by atoms with Crippen LogP contribution in [0.2, 0.25) is 0 Å². The number of halogens is 3. The zero-order valence-electron chi connectivity index (χ0n) is 20.0. The lowest BCUT2D eigenvalue weighted by Gasteiger charge is -2.14. The van der Waals surface area contributed by atoms with Gasteiger partial charge in [-0.2, -0.15) is 18.4 Å². The predicted octanol–water partition coefficient (Wildman–Crippen LogP) is 6.36. The first-order valence-corrected chi connectivity index (χ1v) is 10.9. The van der Waals surface area contributed by atoms with Gasteiger partial charge in [-0.15, -0.1) is 0 Å². The summed E-state index contributed by atoms with van der Waals surface area (Å²) in [7, 11) is 1.50. The molecule has 0 heterocycles. The monoisotopic (exact) mass is 527 g/mol. The van der Waals surface area contributed by atoms with Crippen molar-refractivity contribution >= 4 is 23.4 Å². The van der Waals surface area contributed by atoms with Gasteiger partial charge in [0.15, 0.2) is 11.5 Å². The number of nitro benzene ring substituents is 1. The SMILES string of the molecule is CCOc1cc(/C=C(\C#N)C(=O)Nc2ccc(OC)cc2)ccc1Oc1ccc(C(F)(F)F)cc1[N+](=O)[O-]. The molecule has 1 N–H and O–H groups in total. The first-order chi connectivity index (χ1) is 18.0. The molecule has 0 radical (unpaired) electrons. The summed E-state index contributed by atoms with van der Waals surface area (Å²) >= 11 is 0. The average Bonchev–Trinajstić information content (AvgIpc) is 2.88. The van der Waals surface area contributed by atoms with Crippen LogP contribution in [0, 0.1) is 21.4 Å². The lowest BCUT2D eigenvalue weighted by atomic mass is 10.1. The number of hydrogen-bond acceptors (Lipinski definition) is 7. The molecular formula is C26H20F3N3O6. The Hall–Kier alpha value is -5.05. The first kappa shape index (κ1) is 27.5. The summed E-state index contributed by atoms with van der Waals surface area (Å²) in [6, 6.07) is 14.4. The van der Waals surface area contributed by atoms with Crippen molar-refractivity contribution in [2.24, 2.45) is 0 Å². The Kier molecular flexibility index (Phi) is 8.54. The molecule has 0 spiro atoms. The third-order valence-corrected chi connectivity index (χ3v) is 4.99. The lowest BCUT2D eigenvalue weighted by molar-refractivity contribution is -0.385. The molecule has 0 saturated heterocycles. The van der Waals surface area contributed by atoms with E-state index >= 15 is 0 Å². The maximum absolute atomic E-state index is 13.0. The lowest BCUT2D eigenvalue weighted by Crippen LogP contribution is -2.13. The van der Waals surface area contributed by atoms with Gasteiger partial charge in [0.1, 0.15) is 17.4 Å². The van der Waals surface area contributed by atoms with Gasteiger partial charge in [-0.1, -0.05) is 6.07 Å². The molecule has 0 aromatic heterocycles. The molecule has 0 atom stereocenters. The summed E-state index contributed by atoms with van der Waals surface area (Å²) in [5.41, 5.74) is -1.50. The second-order valence-electron chi connectivity index (χ2n) is 7.53. The highest BCUT2D eigenvalue weighted by Crippen LogP contribution is 2.40. The molecule has 0 bridgehead atoms. The van der Waals surface area contributed by atoms with Crippen LogP contribution in [0.25, 0.3) is 6.08 Å². The van der Waals surface area contributed by atoms with Crippen LogP contribution >= 0.6 is 0 Å². The predicted molar refractivity (Wildman–Crippen MR) is 131 cm³/mol. The molecule has 9 nitrogen and oxygen atoms in total. The van der Waals surface area contributed by atoms with Crippen LogP contribution in [-0.2, 0) is 11.0 Å². The Balaban J connectivity index is 1.89. The number of methoxy groups -OCH3 is 1. The minimum absolute atomic E-state index is 0.0203. The van der Waals surface area contributed by atoms with Crippen LogP contribution in [-0.4, -0.2) is 24.5 Å². The fourth-order valence-corrected chi connectivity index (χ4v) is 3.20. The van der Waals surface area contributed by atoms with Crippen molar-refractivity contribution in [1.29, 1.82) is 5.26 Å². The van der Waals surface area contributed by atoms with Crippen molar-refractivity contribution in [3.63, 3.8) is 0 Å². The topological polar surface area (TPSA) is 124 Å². The van der Waals surface area contributed by atoms with Crippen LogP contribution < -0.4 is 19.5 Å². The molecule has 38 heavy (non-hydrogen) atoms. The van der Waals surface area contributed by atoms with Crippen LogP contribution in [0.4, 0.5) is 24.5 Å². The number of nitriles is 1. The zero-order valence-corrected chi connectivity index (χ0v) is 20.0. The Labute approximate surface area is 214 Å². The van der Waals surface area contributed by atoms with Gasteiger partial charge < -0.3 is 19.5 Å². The molecular weight excluding hydrogens is 507 g/mol. The molecule has 0 fully saturated rings. The number of nitrogens with one attached hydrogen (secondary N) is 1. The van der Waals surface area contributed by atoms with Crippen LogP contribution in [0.5, 0.6) is 23.0 Å². The number of rotatable bonds is 9. The summed E-state index contributed by atoms with van der Waals surface area (Å²) in [6.07, 6.45) is -3.47. The average molecular weight is 527 g/mol. The summed E-state index contributed by atoms with van der Waals surface area (Å²) in [5.74, 6) is -0.442. The van der Waals surface area contributed by atoms with Gasteiger partial charge in [0, 0.05) is 11.8 Å². The van der Waals surface area contributed by atoms with E-state index in [1.165, 1.54) is 31.4 Å². The smallest absolute Gasteiger partial charge is 0.416 e. The van der Waals surface area contributed by atoms with Crippen LogP contribution in [0.15, 0.2) is 66.2 Å². The van der Waals surface area contributed by atoms with Gasteiger partial charge >= 0.3 is 11.9 Å². The highest BCUT2D eigenvalue weighted by molar-refractivity contribution is 6.09. The van der Waals surface area contributed by atoms with E-state index in [0.29, 0.717) is 29.1 Å². The highest BCUT2D eigenvalue weighted by Gasteiger charge is 2.33. The summed E-state index contributed by atoms with van der Waals surface area (Å²) < 4.78 is 55.1. The molecule has 0 aliphatic rings. The van der Waals surface area contributed by atoms with Gasteiger partial charge in [-0.05, 0) is 67.1 Å². The van der Waals surface area contributed by atoms with E-state index in [0.717, 1.165) is 6.07 Å². The second-order valence-corrected chi connectivity index (χ2v) is 7.53. The molecule has 0 aliphatic heterocycles.